The maximum Gasteiger partial charge on any atom is 0.297 e. The van der Waals surface area contributed by atoms with Crippen LogP contribution in [0.3, 0.4) is 0 Å². The molecule has 1 amide bonds. The highest BCUT2D eigenvalue weighted by molar-refractivity contribution is 6.46. The van der Waals surface area contributed by atoms with Gasteiger partial charge in [-0.25, -0.2) is 4.98 Å². The lowest BCUT2D eigenvalue weighted by atomic mass is 9.61. The molecule has 2 N–H and O–H groups in total. The summed E-state index contributed by atoms with van der Waals surface area (Å²) in [6.07, 6.45) is 4.03. The van der Waals surface area contributed by atoms with Crippen LogP contribution in [0.4, 0.5) is 5.69 Å². The normalized spacial score (nSPS) is 27.0. The smallest absolute Gasteiger partial charge is 0.297 e. The van der Waals surface area contributed by atoms with E-state index in [-0.39, 0.29) is 11.0 Å². The maximum absolute atomic E-state index is 13.4. The van der Waals surface area contributed by atoms with Crippen LogP contribution in [0, 0.1) is 29.1 Å². The number of aliphatic hydroxyl groups excluding tert-OH is 1. The van der Waals surface area contributed by atoms with Gasteiger partial charge in [0.15, 0.2) is 0 Å². The summed E-state index contributed by atoms with van der Waals surface area (Å²) in [5.74, 6) is -1.34. The number of nitrogens with one attached hydrogen (secondary N) is 1. The number of aromatic nitrogens is 3. The third-order valence-corrected chi connectivity index (χ3v) is 7.41. The fourth-order valence-corrected chi connectivity index (χ4v) is 5.85. The number of pyridine rings is 1. The Balaban J connectivity index is 1.49. The molecule has 0 bridgehead atoms. The van der Waals surface area contributed by atoms with Crippen LogP contribution >= 0.6 is 0 Å². The number of H-pyrrole nitrogens is 1. The van der Waals surface area contributed by atoms with Crippen LogP contribution in [0.5, 0.6) is 0 Å². The van der Waals surface area contributed by atoms with Gasteiger partial charge in [-0.15, -0.1) is 0 Å². The highest BCUT2D eigenvalue weighted by atomic mass is 16.3. The third-order valence-electron chi connectivity index (χ3n) is 7.41. The molecule has 5 rings (SSSR count). The number of fused-ring (bicyclic) bond motifs is 1. The van der Waals surface area contributed by atoms with Crippen LogP contribution in [-0.4, -0.2) is 37.6 Å². The van der Waals surface area contributed by atoms with E-state index in [2.05, 4.69) is 23.0 Å². The van der Waals surface area contributed by atoms with Gasteiger partial charge < -0.3 is 14.7 Å². The second-order valence-electron chi connectivity index (χ2n) is 9.93. The number of carbonyl (C=O) groups is 2. The third kappa shape index (κ3) is 3.25. The van der Waals surface area contributed by atoms with Gasteiger partial charge in [0.2, 0.25) is 11.3 Å². The van der Waals surface area contributed by atoms with E-state index >= 15 is 0 Å². The van der Waals surface area contributed by atoms with Gasteiger partial charge in [-0.05, 0) is 55.4 Å². The first-order chi connectivity index (χ1) is 16.2. The molecule has 1 aromatic carbocycles. The largest absolute Gasteiger partial charge is 0.372 e. The van der Waals surface area contributed by atoms with Crippen LogP contribution in [0.2, 0.25) is 0 Å². The number of aryl methyl sites for hydroxylation is 1. The number of aliphatic hydroxyl groups is 1. The Morgan fingerprint density at radius 3 is 2.79 bits per heavy atom. The van der Waals surface area contributed by atoms with Crippen molar-refractivity contribution < 1.29 is 14.7 Å². The summed E-state index contributed by atoms with van der Waals surface area (Å²) in [5, 5.41) is 20.7. The fraction of sp³-hybridized carbons (Fsp3) is 0.400. The lowest BCUT2D eigenvalue weighted by Crippen LogP contribution is -2.48. The van der Waals surface area contributed by atoms with Crippen molar-refractivity contribution in [3.05, 3.63) is 58.3 Å². The van der Waals surface area contributed by atoms with E-state index in [1.807, 2.05) is 10.6 Å². The average molecular weight is 460 g/mol. The number of nitrogens with zero attached hydrogens (tertiary/aromatic N) is 4. The first-order valence-corrected chi connectivity index (χ1v) is 11.3. The molecule has 1 aliphatic heterocycles. The molecule has 1 unspecified atom stereocenters. The second kappa shape index (κ2) is 7.64. The van der Waals surface area contributed by atoms with Crippen LogP contribution in [-0.2, 0) is 16.1 Å². The number of anilines is 1. The van der Waals surface area contributed by atoms with Gasteiger partial charge in [-0.1, -0.05) is 13.3 Å². The fourth-order valence-electron chi connectivity index (χ4n) is 5.85. The number of imidazole rings is 1. The molecule has 9 nitrogen and oxygen atoms in total. The molecule has 9 heteroatoms. The average Bonchev–Trinajstić information content (AvgIpc) is 3.27. The standard InChI is InChI=1S/C25H25N5O4/c1-15-8-20(31)27-11-19(15)30-22(33)21(32)25(23(30)34)7-3-6-24(2,12-25)13-29-14-28-17-5-4-16(10-26)9-18(17)29/h4-5,8-9,11,14,23,34H,3,6-7,12-13H2,1-2H3,(H,27,31)/t23?,24-,25+/m0/s1. The first-order valence-electron chi connectivity index (χ1n) is 11.3. The number of carbonyl (C=O) groups excluding carboxylic acids is 2. The minimum absolute atomic E-state index is 0.319. The Hall–Kier alpha value is -3.77. The predicted molar refractivity (Wildman–Crippen MR) is 124 cm³/mol. The molecule has 0 radical (unpaired) electrons. The summed E-state index contributed by atoms with van der Waals surface area (Å²) in [4.78, 5) is 46.2. The van der Waals surface area contributed by atoms with Gasteiger partial charge in [-0.3, -0.25) is 19.3 Å². The van der Waals surface area contributed by atoms with Crippen LogP contribution in [0.25, 0.3) is 11.0 Å². The van der Waals surface area contributed by atoms with Crippen LogP contribution in [0.1, 0.15) is 43.7 Å². The van der Waals surface area contributed by atoms with E-state index in [1.54, 1.807) is 25.4 Å². The van der Waals surface area contributed by atoms with Crippen molar-refractivity contribution in [1.29, 1.82) is 5.26 Å². The number of benzene rings is 1. The molecule has 3 heterocycles. The molecule has 34 heavy (non-hydrogen) atoms. The van der Waals surface area contributed by atoms with Crippen molar-refractivity contribution in [2.24, 2.45) is 10.8 Å². The number of nitriles is 1. The number of aromatic amines is 1. The van der Waals surface area contributed by atoms with Gasteiger partial charge in [0.05, 0.1) is 40.1 Å². The highest BCUT2D eigenvalue weighted by Gasteiger charge is 2.62. The van der Waals surface area contributed by atoms with Crippen molar-refractivity contribution in [3.63, 3.8) is 0 Å². The topological polar surface area (TPSA) is 132 Å². The number of hydrogen-bond acceptors (Lipinski definition) is 6. The zero-order valence-corrected chi connectivity index (χ0v) is 19.0. The van der Waals surface area contributed by atoms with Crippen LogP contribution in [0.15, 0.2) is 41.6 Å². The molecule has 1 spiro atoms. The molecule has 1 saturated carbocycles. The molecule has 1 saturated heterocycles. The van der Waals surface area contributed by atoms with E-state index in [0.717, 1.165) is 22.4 Å². The summed E-state index contributed by atoms with van der Waals surface area (Å²) in [6.45, 7) is 4.27. The van der Waals surface area contributed by atoms with Crippen molar-refractivity contribution in [1.82, 2.24) is 14.5 Å². The molecular formula is C25H25N5O4. The number of ketones is 1. The molecule has 3 atom stereocenters. The lowest BCUT2D eigenvalue weighted by molar-refractivity contribution is -0.143. The molecule has 2 fully saturated rings. The van der Waals surface area contributed by atoms with Crippen LogP contribution < -0.4 is 10.5 Å². The van der Waals surface area contributed by atoms with Gasteiger partial charge >= 0.3 is 0 Å². The van der Waals surface area contributed by atoms with Crippen molar-refractivity contribution in [2.45, 2.75) is 52.3 Å². The maximum atomic E-state index is 13.4. The van der Waals surface area contributed by atoms with E-state index < -0.39 is 23.3 Å². The summed E-state index contributed by atoms with van der Waals surface area (Å²) in [6, 6.07) is 8.82. The molecule has 2 aliphatic rings. The molecule has 2 aromatic heterocycles. The Morgan fingerprint density at radius 1 is 1.26 bits per heavy atom. The number of rotatable bonds is 3. The Bertz CT molecular complexity index is 1430. The van der Waals surface area contributed by atoms with Crippen molar-refractivity contribution >= 4 is 28.4 Å². The zero-order chi connectivity index (χ0) is 24.3. The quantitative estimate of drug-likeness (QED) is 0.578. The summed E-state index contributed by atoms with van der Waals surface area (Å²) in [5.41, 5.74) is 1.07. The first kappa shape index (κ1) is 22.0. The van der Waals surface area contributed by atoms with Gasteiger partial charge in [0.1, 0.15) is 6.23 Å². The minimum atomic E-state index is -1.32. The minimum Gasteiger partial charge on any atom is -0.372 e. The van der Waals surface area contributed by atoms with E-state index in [1.165, 1.54) is 12.3 Å². The number of Topliss-reactive ketones (excluding diaryl/α,β-unsaturated/α-hetero) is 1. The number of amides is 1. The summed E-state index contributed by atoms with van der Waals surface area (Å²) in [7, 11) is 0. The monoisotopic (exact) mass is 459 g/mol. The predicted octanol–water partition coefficient (Wildman–Crippen LogP) is 2.41. The Morgan fingerprint density at radius 2 is 2.06 bits per heavy atom. The second-order valence-corrected chi connectivity index (χ2v) is 9.93. The molecule has 174 valence electrons. The van der Waals surface area contributed by atoms with E-state index in [0.29, 0.717) is 42.6 Å². The lowest BCUT2D eigenvalue weighted by Gasteiger charge is -2.45. The van der Waals surface area contributed by atoms with Crippen molar-refractivity contribution in [2.75, 3.05) is 4.90 Å². The van der Waals surface area contributed by atoms with Crippen molar-refractivity contribution in [3.8, 4) is 6.07 Å². The Kier molecular flexibility index (Phi) is 4.95. The van der Waals surface area contributed by atoms with Gasteiger partial charge in [-0.2, -0.15) is 5.26 Å². The Labute approximate surface area is 195 Å². The number of hydrogen-bond donors (Lipinski definition) is 2. The molecule has 3 aromatic rings. The van der Waals surface area contributed by atoms with Gasteiger partial charge in [0.25, 0.3) is 5.91 Å². The van der Waals surface area contributed by atoms with E-state index in [9.17, 15) is 24.8 Å². The van der Waals surface area contributed by atoms with Gasteiger partial charge in [0, 0.05) is 18.8 Å². The molecule has 1 aliphatic carbocycles. The van der Waals surface area contributed by atoms with E-state index in [4.69, 9.17) is 0 Å². The molecular weight excluding hydrogens is 434 g/mol. The zero-order valence-electron chi connectivity index (χ0n) is 19.0. The SMILES string of the molecule is Cc1cc(=O)[nH]cc1N1C(=O)C(=O)[C@]2(CCC[C@](C)(Cn3cnc4ccc(C#N)cc43)C2)C1O. The summed E-state index contributed by atoms with van der Waals surface area (Å²) < 4.78 is 1.98. The summed E-state index contributed by atoms with van der Waals surface area (Å²) >= 11 is 0. The highest BCUT2D eigenvalue weighted by Crippen LogP contribution is 2.53.